The zero-order chi connectivity index (χ0) is 26.0. The molecule has 0 amide bonds. The van der Waals surface area contributed by atoms with Gasteiger partial charge in [0.15, 0.2) is 11.4 Å². The Hall–Kier alpha value is -2.94. The van der Waals surface area contributed by atoms with Crippen molar-refractivity contribution in [2.45, 2.75) is 16.7 Å². The van der Waals surface area contributed by atoms with Crippen molar-refractivity contribution in [3.8, 4) is 11.4 Å². The van der Waals surface area contributed by atoms with Gasteiger partial charge in [0.05, 0.1) is 27.8 Å². The molecule has 36 heavy (non-hydrogen) atoms. The maximum Gasteiger partial charge on any atom is 0.360 e. The van der Waals surface area contributed by atoms with Crippen LogP contribution in [0.5, 0.6) is 0 Å². The van der Waals surface area contributed by atoms with Gasteiger partial charge in [0.1, 0.15) is 11.6 Å². The summed E-state index contributed by atoms with van der Waals surface area (Å²) in [6.45, 7) is 1.83. The first kappa shape index (κ1) is 26.1. The molecule has 2 heterocycles. The smallest absolute Gasteiger partial charge is 0.360 e. The van der Waals surface area contributed by atoms with Gasteiger partial charge >= 0.3 is 11.9 Å². The number of carboxylic acid groups (broad SMARTS) is 1. The molecule has 0 aliphatic carbocycles. The monoisotopic (exact) mass is 652 g/mol. The highest BCUT2D eigenvalue weighted by Crippen LogP contribution is 2.46. The Morgan fingerprint density at radius 2 is 1.39 bits per heavy atom. The lowest BCUT2D eigenvalue weighted by Gasteiger charge is -2.06. The summed E-state index contributed by atoms with van der Waals surface area (Å²) in [5.41, 5.74) is 13.7. The van der Waals surface area contributed by atoms with Crippen molar-refractivity contribution in [2.75, 3.05) is 18.1 Å². The molecule has 0 bridgehead atoms. The van der Waals surface area contributed by atoms with E-state index in [1.54, 1.807) is 37.3 Å². The molecule has 0 radical (unpaired) electrons. The van der Waals surface area contributed by atoms with Crippen molar-refractivity contribution < 1.29 is 19.4 Å². The third-order valence-corrected chi connectivity index (χ3v) is 8.20. The lowest BCUT2D eigenvalue weighted by Crippen LogP contribution is -2.07. The molecule has 0 saturated carbocycles. The number of hydrogen-bond donors (Lipinski definition) is 3. The number of nitrogens with two attached hydrogens (primary N) is 2. The van der Waals surface area contributed by atoms with Crippen LogP contribution in [0, 0.1) is 0 Å². The predicted octanol–water partition coefficient (Wildman–Crippen LogP) is 5.42. The molecule has 2 aromatic carbocycles. The van der Waals surface area contributed by atoms with Gasteiger partial charge in [-0.05, 0) is 64.9 Å². The van der Waals surface area contributed by atoms with Gasteiger partial charge in [-0.2, -0.15) is 10.2 Å². The molecule has 0 atom stereocenters. The molecule has 4 rings (SSSR count). The minimum atomic E-state index is -1.25. The number of ether oxygens (including phenoxy) is 1. The van der Waals surface area contributed by atoms with E-state index in [1.165, 1.54) is 9.36 Å². The topological polar surface area (TPSA) is 151 Å². The molecule has 0 aliphatic heterocycles. The number of hydrogen-bond acceptors (Lipinski definition) is 9. The van der Waals surface area contributed by atoms with E-state index >= 15 is 0 Å². The largest absolute Gasteiger partial charge is 0.476 e. The average molecular weight is 654 g/mol. The van der Waals surface area contributed by atoms with Crippen LogP contribution in [0.25, 0.3) is 11.4 Å². The normalized spacial score (nSPS) is 11.0. The van der Waals surface area contributed by atoms with Gasteiger partial charge in [-0.15, -0.1) is 0 Å². The summed E-state index contributed by atoms with van der Waals surface area (Å²) < 4.78 is 9.51. The van der Waals surface area contributed by atoms with Gasteiger partial charge < -0.3 is 21.3 Å². The average Bonchev–Trinajstić information content (AvgIpc) is 3.34. The molecule has 14 heteroatoms. The predicted molar refractivity (Wildman–Crippen MR) is 146 cm³/mol. The molecule has 0 spiro atoms. The Morgan fingerprint density at radius 1 is 0.917 bits per heavy atom. The van der Waals surface area contributed by atoms with E-state index in [9.17, 15) is 14.7 Å². The summed E-state index contributed by atoms with van der Waals surface area (Å²) in [7, 11) is 2.06. The van der Waals surface area contributed by atoms with Gasteiger partial charge in [-0.3, -0.25) is 0 Å². The molecular formula is C22H18Br2N6O4S2. The van der Waals surface area contributed by atoms with E-state index in [2.05, 4.69) is 42.1 Å². The summed E-state index contributed by atoms with van der Waals surface area (Å²) >= 11 is 6.81. The molecule has 4 aromatic rings. The lowest BCUT2D eigenvalue weighted by atomic mass is 10.3. The number of anilines is 2. The lowest BCUT2D eigenvalue weighted by molar-refractivity contribution is 0.0514. The Labute approximate surface area is 230 Å². The first-order valence-corrected chi connectivity index (χ1v) is 14.0. The standard InChI is InChI=1S/C22H18Br2N6O4S2/c1-2-34-22(33)16-18(20(26)30(28-16)14-8-4-6-12(24)10-14)36-35-17-15(21(31)32)27-29(19(17)25)13-7-3-5-11(23)9-13/h3-10H,2,25-26H2,1H3,(H,31,32). The van der Waals surface area contributed by atoms with Crippen molar-refractivity contribution in [3.63, 3.8) is 0 Å². The number of carboxylic acids is 1. The van der Waals surface area contributed by atoms with Crippen LogP contribution in [0.3, 0.4) is 0 Å². The first-order valence-electron chi connectivity index (χ1n) is 10.2. The molecule has 10 nitrogen and oxygen atoms in total. The van der Waals surface area contributed by atoms with E-state index in [4.69, 9.17) is 16.2 Å². The van der Waals surface area contributed by atoms with Gasteiger partial charge in [0.25, 0.3) is 0 Å². The maximum atomic E-state index is 12.7. The van der Waals surface area contributed by atoms with Crippen molar-refractivity contribution in [2.24, 2.45) is 0 Å². The Kier molecular flexibility index (Phi) is 7.97. The van der Waals surface area contributed by atoms with Gasteiger partial charge in [-0.25, -0.2) is 19.0 Å². The number of carbonyl (C=O) groups excluding carboxylic acids is 1. The molecule has 0 aliphatic rings. The summed E-state index contributed by atoms with van der Waals surface area (Å²) in [5.74, 6) is -1.60. The van der Waals surface area contributed by atoms with Crippen molar-refractivity contribution >= 4 is 77.0 Å². The van der Waals surface area contributed by atoms with Crippen LogP contribution in [0.4, 0.5) is 11.6 Å². The van der Waals surface area contributed by atoms with Crippen LogP contribution in [0.1, 0.15) is 27.9 Å². The Bertz CT molecular complexity index is 1470. The Balaban J connectivity index is 1.75. The summed E-state index contributed by atoms with van der Waals surface area (Å²) in [6, 6.07) is 14.4. The SMILES string of the molecule is CCOC(=O)c1nn(-c2cccc(Br)c2)c(N)c1SSc1c(C(=O)O)nn(-c2cccc(Br)c2)c1N. The summed E-state index contributed by atoms with van der Waals surface area (Å²) in [6.07, 6.45) is 0. The molecule has 0 unspecified atom stereocenters. The van der Waals surface area contributed by atoms with E-state index in [0.717, 1.165) is 30.5 Å². The van der Waals surface area contributed by atoms with Crippen LogP contribution in [0.15, 0.2) is 67.3 Å². The summed E-state index contributed by atoms with van der Waals surface area (Å²) in [5, 5.41) is 18.3. The highest BCUT2D eigenvalue weighted by atomic mass is 79.9. The fraction of sp³-hybridized carbons (Fsp3) is 0.0909. The second-order valence-corrected chi connectivity index (χ2v) is 11.1. The zero-order valence-electron chi connectivity index (χ0n) is 18.5. The van der Waals surface area contributed by atoms with Crippen molar-refractivity contribution in [1.82, 2.24) is 19.6 Å². The number of benzene rings is 2. The van der Waals surface area contributed by atoms with E-state index in [1.807, 2.05) is 18.2 Å². The fourth-order valence-corrected chi connectivity index (χ4v) is 6.34. The number of nitrogen functional groups attached to an aromatic ring is 2. The van der Waals surface area contributed by atoms with Gasteiger partial charge in [0, 0.05) is 8.95 Å². The minimum Gasteiger partial charge on any atom is -0.476 e. The minimum absolute atomic E-state index is 0.00153. The third-order valence-electron chi connectivity index (χ3n) is 4.74. The van der Waals surface area contributed by atoms with E-state index in [0.29, 0.717) is 16.3 Å². The zero-order valence-corrected chi connectivity index (χ0v) is 23.3. The van der Waals surface area contributed by atoms with Crippen LogP contribution in [-0.2, 0) is 4.74 Å². The molecule has 186 valence electrons. The van der Waals surface area contributed by atoms with Crippen molar-refractivity contribution in [1.29, 1.82) is 0 Å². The second kappa shape index (κ2) is 11.0. The first-order chi connectivity index (χ1) is 17.2. The molecule has 0 fully saturated rings. The number of rotatable bonds is 8. The number of aromatic carboxylic acids is 1. The van der Waals surface area contributed by atoms with Crippen LogP contribution < -0.4 is 11.5 Å². The maximum absolute atomic E-state index is 12.7. The molecule has 2 aromatic heterocycles. The number of aromatic nitrogens is 4. The van der Waals surface area contributed by atoms with E-state index < -0.39 is 11.9 Å². The highest BCUT2D eigenvalue weighted by Gasteiger charge is 2.28. The van der Waals surface area contributed by atoms with Gasteiger partial charge in [-0.1, -0.05) is 44.0 Å². The third kappa shape index (κ3) is 5.26. The molecular weight excluding hydrogens is 636 g/mol. The van der Waals surface area contributed by atoms with Gasteiger partial charge in [0.2, 0.25) is 0 Å². The highest BCUT2D eigenvalue weighted by molar-refractivity contribution is 9.10. The van der Waals surface area contributed by atoms with E-state index in [-0.39, 0.29) is 34.5 Å². The number of nitrogens with zero attached hydrogens (tertiary/aromatic N) is 4. The second-order valence-electron chi connectivity index (χ2n) is 7.10. The summed E-state index contributed by atoms with van der Waals surface area (Å²) in [4.78, 5) is 25.2. The van der Waals surface area contributed by atoms with Crippen molar-refractivity contribution in [3.05, 3.63) is 68.9 Å². The van der Waals surface area contributed by atoms with Crippen LogP contribution in [-0.4, -0.2) is 43.2 Å². The molecule has 0 saturated heterocycles. The quantitative estimate of drug-likeness (QED) is 0.166. The number of esters is 1. The number of halogens is 2. The number of carbonyl (C=O) groups is 2. The molecule has 5 N–H and O–H groups in total. The Morgan fingerprint density at radius 3 is 1.83 bits per heavy atom. The van der Waals surface area contributed by atoms with Crippen LogP contribution >= 0.6 is 53.4 Å². The fourth-order valence-electron chi connectivity index (χ4n) is 3.16. The van der Waals surface area contributed by atoms with Crippen LogP contribution in [0.2, 0.25) is 0 Å².